The molecule has 0 aliphatic carbocycles. The Kier molecular flexibility index (Phi) is 7.29. The van der Waals surface area contributed by atoms with Crippen molar-refractivity contribution in [3.05, 3.63) is 29.8 Å². The molecule has 1 N–H and O–H groups in total. The number of likely N-dealkylation sites (tertiary alicyclic amines) is 1. The summed E-state index contributed by atoms with van der Waals surface area (Å²) < 4.78 is 11.0. The van der Waals surface area contributed by atoms with E-state index in [1.54, 1.807) is 0 Å². The van der Waals surface area contributed by atoms with E-state index >= 15 is 0 Å². The van der Waals surface area contributed by atoms with Crippen molar-refractivity contribution in [2.24, 2.45) is 0 Å². The first-order valence-corrected chi connectivity index (χ1v) is 9.77. The van der Waals surface area contributed by atoms with Crippen LogP contribution in [-0.4, -0.2) is 74.3 Å². The fraction of sp³-hybridized carbons (Fsp3) is 0.650. The van der Waals surface area contributed by atoms with Crippen molar-refractivity contribution in [3.63, 3.8) is 0 Å². The third-order valence-corrected chi connectivity index (χ3v) is 5.00. The first-order valence-electron chi connectivity index (χ1n) is 9.77. The molecule has 0 bridgehead atoms. The second-order valence-corrected chi connectivity index (χ2v) is 7.07. The fourth-order valence-electron chi connectivity index (χ4n) is 3.40. The smallest absolute Gasteiger partial charge is 0.224 e. The Bertz CT molecular complexity index is 558. The molecule has 144 valence electrons. The molecule has 1 aromatic carbocycles. The Labute approximate surface area is 156 Å². The van der Waals surface area contributed by atoms with E-state index in [9.17, 15) is 4.79 Å². The highest BCUT2D eigenvalue weighted by atomic mass is 16.5. The Morgan fingerprint density at radius 3 is 2.69 bits per heavy atom. The number of hydrogen-bond donors (Lipinski definition) is 1. The molecule has 1 amide bonds. The van der Waals surface area contributed by atoms with Crippen LogP contribution in [0.4, 0.5) is 0 Å². The van der Waals surface area contributed by atoms with Crippen molar-refractivity contribution >= 4 is 5.91 Å². The molecular formula is C20H31N3O3. The zero-order valence-electron chi connectivity index (χ0n) is 15.8. The predicted octanol–water partition coefficient (Wildman–Crippen LogP) is 1.50. The molecule has 0 saturated carbocycles. The summed E-state index contributed by atoms with van der Waals surface area (Å²) in [6.45, 7) is 9.77. The van der Waals surface area contributed by atoms with E-state index in [0.717, 1.165) is 71.3 Å². The van der Waals surface area contributed by atoms with E-state index in [0.29, 0.717) is 6.42 Å². The fourth-order valence-corrected chi connectivity index (χ4v) is 3.40. The van der Waals surface area contributed by atoms with Gasteiger partial charge in [0.1, 0.15) is 5.75 Å². The monoisotopic (exact) mass is 361 g/mol. The van der Waals surface area contributed by atoms with Gasteiger partial charge in [-0.05, 0) is 24.1 Å². The van der Waals surface area contributed by atoms with Gasteiger partial charge >= 0.3 is 0 Å². The summed E-state index contributed by atoms with van der Waals surface area (Å²) in [5, 5.41) is 3.52. The lowest BCUT2D eigenvalue weighted by Gasteiger charge is -2.28. The van der Waals surface area contributed by atoms with Crippen LogP contribution in [0.2, 0.25) is 0 Å². The summed E-state index contributed by atoms with van der Waals surface area (Å²) in [5.41, 5.74) is 1.22. The van der Waals surface area contributed by atoms with Crippen LogP contribution in [-0.2, 0) is 16.1 Å². The number of hydrogen-bond acceptors (Lipinski definition) is 5. The van der Waals surface area contributed by atoms with E-state index in [2.05, 4.69) is 29.3 Å². The highest BCUT2D eigenvalue weighted by molar-refractivity contribution is 5.79. The number of carbonyl (C=O) groups excluding carboxylic acids is 1. The van der Waals surface area contributed by atoms with Gasteiger partial charge in [-0.25, -0.2) is 0 Å². The number of rotatable bonds is 9. The Morgan fingerprint density at radius 2 is 1.96 bits per heavy atom. The Hall–Kier alpha value is -1.63. The SMILES string of the molecule is CCCOc1ccc(CN[C@@H]2CC(=O)N(CCN3CCOCC3)C2)cc1. The molecule has 26 heavy (non-hydrogen) atoms. The highest BCUT2D eigenvalue weighted by Crippen LogP contribution is 2.15. The molecule has 2 fully saturated rings. The lowest BCUT2D eigenvalue weighted by Crippen LogP contribution is -2.42. The number of nitrogens with one attached hydrogen (secondary N) is 1. The maximum absolute atomic E-state index is 12.2. The molecule has 1 aromatic rings. The number of ether oxygens (including phenoxy) is 2. The molecule has 0 spiro atoms. The van der Waals surface area contributed by atoms with Crippen LogP contribution in [0.15, 0.2) is 24.3 Å². The van der Waals surface area contributed by atoms with Crippen LogP contribution in [0.1, 0.15) is 25.3 Å². The molecular weight excluding hydrogens is 330 g/mol. The van der Waals surface area contributed by atoms with Crippen LogP contribution in [0, 0.1) is 0 Å². The molecule has 2 aliphatic rings. The van der Waals surface area contributed by atoms with Crippen LogP contribution in [0.5, 0.6) is 5.75 Å². The quantitative estimate of drug-likeness (QED) is 0.722. The summed E-state index contributed by atoms with van der Waals surface area (Å²) >= 11 is 0. The Balaban J connectivity index is 1.38. The summed E-state index contributed by atoms with van der Waals surface area (Å²) in [4.78, 5) is 16.6. The van der Waals surface area contributed by atoms with Gasteiger partial charge < -0.3 is 19.7 Å². The van der Waals surface area contributed by atoms with Gasteiger partial charge in [0.25, 0.3) is 0 Å². The van der Waals surface area contributed by atoms with E-state index in [1.807, 2.05) is 17.0 Å². The summed E-state index contributed by atoms with van der Waals surface area (Å²) in [6.07, 6.45) is 1.61. The van der Waals surface area contributed by atoms with Crippen LogP contribution < -0.4 is 10.1 Å². The number of amides is 1. The van der Waals surface area contributed by atoms with Crippen molar-refractivity contribution in [1.29, 1.82) is 0 Å². The summed E-state index contributed by atoms with van der Waals surface area (Å²) in [6, 6.07) is 8.45. The molecule has 6 heteroatoms. The minimum absolute atomic E-state index is 0.239. The third-order valence-electron chi connectivity index (χ3n) is 5.00. The van der Waals surface area contributed by atoms with E-state index in [-0.39, 0.29) is 11.9 Å². The van der Waals surface area contributed by atoms with Crippen molar-refractivity contribution in [2.75, 3.05) is 52.5 Å². The third kappa shape index (κ3) is 5.69. The van der Waals surface area contributed by atoms with Crippen LogP contribution >= 0.6 is 0 Å². The molecule has 2 saturated heterocycles. The van der Waals surface area contributed by atoms with Gasteiger partial charge in [0.05, 0.1) is 19.8 Å². The largest absolute Gasteiger partial charge is 0.494 e. The lowest BCUT2D eigenvalue weighted by molar-refractivity contribution is -0.128. The van der Waals surface area contributed by atoms with Crippen molar-refractivity contribution < 1.29 is 14.3 Å². The second kappa shape index (κ2) is 9.90. The van der Waals surface area contributed by atoms with E-state index in [1.165, 1.54) is 5.56 Å². The molecule has 0 radical (unpaired) electrons. The van der Waals surface area contributed by atoms with Crippen molar-refractivity contribution in [2.45, 2.75) is 32.4 Å². The molecule has 0 aromatic heterocycles. The predicted molar refractivity (Wildman–Crippen MR) is 101 cm³/mol. The molecule has 6 nitrogen and oxygen atoms in total. The van der Waals surface area contributed by atoms with Gasteiger partial charge in [0, 0.05) is 51.7 Å². The van der Waals surface area contributed by atoms with Crippen molar-refractivity contribution in [1.82, 2.24) is 15.1 Å². The molecule has 3 rings (SSSR count). The van der Waals surface area contributed by atoms with Gasteiger partial charge in [-0.1, -0.05) is 19.1 Å². The second-order valence-electron chi connectivity index (χ2n) is 7.07. The zero-order valence-corrected chi connectivity index (χ0v) is 15.8. The molecule has 2 aliphatic heterocycles. The van der Waals surface area contributed by atoms with Gasteiger partial charge in [-0.15, -0.1) is 0 Å². The maximum atomic E-state index is 12.2. The van der Waals surface area contributed by atoms with Gasteiger partial charge in [0.2, 0.25) is 5.91 Å². The minimum Gasteiger partial charge on any atom is -0.494 e. The van der Waals surface area contributed by atoms with Crippen LogP contribution in [0.25, 0.3) is 0 Å². The first kappa shape index (κ1) is 19.1. The lowest BCUT2D eigenvalue weighted by atomic mass is 10.2. The van der Waals surface area contributed by atoms with Gasteiger partial charge in [-0.2, -0.15) is 0 Å². The van der Waals surface area contributed by atoms with E-state index in [4.69, 9.17) is 9.47 Å². The number of carbonyl (C=O) groups is 1. The average Bonchev–Trinajstić information content (AvgIpc) is 3.04. The molecule has 1 atom stereocenters. The van der Waals surface area contributed by atoms with Gasteiger partial charge in [0.15, 0.2) is 0 Å². The maximum Gasteiger partial charge on any atom is 0.224 e. The minimum atomic E-state index is 0.239. The molecule has 2 heterocycles. The number of morpholine rings is 1. The standard InChI is InChI=1S/C20H31N3O3/c1-2-11-26-19-5-3-17(4-6-19)15-21-18-14-20(24)23(16-18)8-7-22-9-12-25-13-10-22/h3-6,18,21H,2,7-16H2,1H3/t18-/m1/s1. The summed E-state index contributed by atoms with van der Waals surface area (Å²) in [5.74, 6) is 1.18. The number of nitrogens with zero attached hydrogens (tertiary/aromatic N) is 2. The van der Waals surface area contributed by atoms with Crippen LogP contribution in [0.3, 0.4) is 0 Å². The first-order chi connectivity index (χ1) is 12.7. The average molecular weight is 361 g/mol. The van der Waals surface area contributed by atoms with Gasteiger partial charge in [-0.3, -0.25) is 9.69 Å². The highest BCUT2D eigenvalue weighted by Gasteiger charge is 2.29. The van der Waals surface area contributed by atoms with Crippen molar-refractivity contribution in [3.8, 4) is 5.75 Å². The molecule has 0 unspecified atom stereocenters. The van der Waals surface area contributed by atoms with E-state index < -0.39 is 0 Å². The number of benzene rings is 1. The summed E-state index contributed by atoms with van der Waals surface area (Å²) in [7, 11) is 0. The topological polar surface area (TPSA) is 54.0 Å². The Morgan fingerprint density at radius 1 is 1.19 bits per heavy atom. The zero-order chi connectivity index (χ0) is 18.2. The normalized spacial score (nSPS) is 21.3.